The van der Waals surface area contributed by atoms with Crippen LogP contribution < -0.4 is 4.74 Å². The molecule has 1 aliphatic heterocycles. The van der Waals surface area contributed by atoms with Crippen LogP contribution in [0.1, 0.15) is 18.4 Å². The lowest BCUT2D eigenvalue weighted by Gasteiger charge is -2.33. The Hall–Kier alpha value is -0.580. The van der Waals surface area contributed by atoms with Crippen LogP contribution in [0.4, 0.5) is 0 Å². The molecule has 0 atom stereocenters. The van der Waals surface area contributed by atoms with Crippen LogP contribution in [0.25, 0.3) is 0 Å². The van der Waals surface area contributed by atoms with Crippen molar-refractivity contribution < 1.29 is 4.74 Å². The number of methoxy groups -OCH3 is 1. The number of halogens is 1. The predicted molar refractivity (Wildman–Crippen MR) is 87.2 cm³/mol. The number of hydrogen-bond donors (Lipinski definition) is 0. The van der Waals surface area contributed by atoms with Crippen LogP contribution in [0, 0.1) is 5.92 Å². The number of piperidine rings is 1. The fraction of sp³-hybridized carbons (Fsp3) is 0.625. The van der Waals surface area contributed by atoms with E-state index in [0.717, 1.165) is 18.2 Å². The van der Waals surface area contributed by atoms with Crippen molar-refractivity contribution in [3.63, 3.8) is 0 Å². The fourth-order valence-electron chi connectivity index (χ4n) is 2.88. The highest BCUT2D eigenvalue weighted by Gasteiger charge is 2.20. The van der Waals surface area contributed by atoms with Crippen LogP contribution in [0.2, 0.25) is 0 Å². The van der Waals surface area contributed by atoms with Crippen LogP contribution in [-0.4, -0.2) is 50.6 Å². The molecule has 1 saturated heterocycles. The van der Waals surface area contributed by atoms with Gasteiger partial charge in [0, 0.05) is 17.6 Å². The highest BCUT2D eigenvalue weighted by Crippen LogP contribution is 2.26. The van der Waals surface area contributed by atoms with Crippen LogP contribution in [0.3, 0.4) is 0 Å². The second-order valence-corrected chi connectivity index (χ2v) is 6.79. The SMILES string of the molecule is COc1ccc(Br)c(CN2CCC(CN(C)C)CC2)c1. The number of rotatable bonds is 5. The molecule has 2 rings (SSSR count). The van der Waals surface area contributed by atoms with Crippen molar-refractivity contribution in [3.8, 4) is 5.75 Å². The minimum Gasteiger partial charge on any atom is -0.497 e. The van der Waals surface area contributed by atoms with Crippen molar-refractivity contribution in [2.45, 2.75) is 19.4 Å². The molecule has 4 heteroatoms. The van der Waals surface area contributed by atoms with Crippen molar-refractivity contribution in [3.05, 3.63) is 28.2 Å². The summed E-state index contributed by atoms with van der Waals surface area (Å²) in [7, 11) is 6.05. The molecule has 1 aromatic rings. The lowest BCUT2D eigenvalue weighted by molar-refractivity contribution is 0.156. The molecule has 20 heavy (non-hydrogen) atoms. The van der Waals surface area contributed by atoms with E-state index >= 15 is 0 Å². The van der Waals surface area contributed by atoms with E-state index in [-0.39, 0.29) is 0 Å². The normalized spacial score (nSPS) is 17.6. The first-order valence-corrected chi connectivity index (χ1v) is 8.07. The van der Waals surface area contributed by atoms with E-state index in [1.807, 2.05) is 6.07 Å². The van der Waals surface area contributed by atoms with Crippen molar-refractivity contribution in [2.75, 3.05) is 40.8 Å². The third-order valence-corrected chi connectivity index (χ3v) is 4.75. The minimum absolute atomic E-state index is 0.856. The van der Waals surface area contributed by atoms with Gasteiger partial charge in [0.2, 0.25) is 0 Å². The summed E-state index contributed by atoms with van der Waals surface area (Å²) >= 11 is 3.64. The zero-order chi connectivity index (χ0) is 14.5. The van der Waals surface area contributed by atoms with E-state index in [2.05, 4.69) is 52.0 Å². The Labute approximate surface area is 131 Å². The number of ether oxygens (including phenoxy) is 1. The smallest absolute Gasteiger partial charge is 0.119 e. The summed E-state index contributed by atoms with van der Waals surface area (Å²) in [6.45, 7) is 4.62. The molecule has 0 amide bonds. The van der Waals surface area contributed by atoms with E-state index in [0.29, 0.717) is 0 Å². The maximum Gasteiger partial charge on any atom is 0.119 e. The first-order valence-electron chi connectivity index (χ1n) is 7.28. The standard InChI is InChI=1S/C16H25BrN2O/c1-18(2)11-13-6-8-19(9-7-13)12-14-10-15(20-3)4-5-16(14)17/h4-5,10,13H,6-9,11-12H2,1-3H3. The molecule has 0 aromatic heterocycles. The molecule has 0 spiro atoms. The maximum atomic E-state index is 5.31. The third kappa shape index (κ3) is 4.47. The van der Waals surface area contributed by atoms with Gasteiger partial charge in [0.1, 0.15) is 5.75 Å². The molecule has 0 bridgehead atoms. The van der Waals surface area contributed by atoms with Crippen LogP contribution in [0.15, 0.2) is 22.7 Å². The van der Waals surface area contributed by atoms with Gasteiger partial charge in [-0.2, -0.15) is 0 Å². The molecular formula is C16H25BrN2O. The van der Waals surface area contributed by atoms with Gasteiger partial charge < -0.3 is 9.64 Å². The lowest BCUT2D eigenvalue weighted by Crippen LogP contribution is -2.36. The maximum absolute atomic E-state index is 5.31. The number of hydrogen-bond acceptors (Lipinski definition) is 3. The molecule has 1 aliphatic rings. The van der Waals surface area contributed by atoms with E-state index < -0.39 is 0 Å². The summed E-state index contributed by atoms with van der Waals surface area (Å²) in [5, 5.41) is 0. The molecule has 0 N–H and O–H groups in total. The Morgan fingerprint density at radius 2 is 2.00 bits per heavy atom. The molecule has 0 radical (unpaired) electrons. The third-order valence-electron chi connectivity index (χ3n) is 3.98. The van der Waals surface area contributed by atoms with Gasteiger partial charge in [-0.3, -0.25) is 4.90 Å². The van der Waals surface area contributed by atoms with E-state index in [4.69, 9.17) is 4.74 Å². The Morgan fingerprint density at radius 3 is 2.60 bits per heavy atom. The minimum atomic E-state index is 0.856. The second kappa shape index (κ2) is 7.43. The quantitative estimate of drug-likeness (QED) is 0.818. The average molecular weight is 341 g/mol. The lowest BCUT2D eigenvalue weighted by atomic mass is 9.96. The van der Waals surface area contributed by atoms with E-state index in [9.17, 15) is 0 Å². The molecular weight excluding hydrogens is 316 g/mol. The summed E-state index contributed by atoms with van der Waals surface area (Å²) in [4.78, 5) is 4.85. The van der Waals surface area contributed by atoms with E-state index in [1.165, 1.54) is 42.5 Å². The van der Waals surface area contributed by atoms with Crippen molar-refractivity contribution in [2.24, 2.45) is 5.92 Å². The number of likely N-dealkylation sites (tertiary alicyclic amines) is 1. The van der Waals surface area contributed by atoms with Gasteiger partial charge in [-0.1, -0.05) is 15.9 Å². The molecule has 1 aromatic carbocycles. The molecule has 3 nitrogen and oxygen atoms in total. The van der Waals surface area contributed by atoms with Crippen molar-refractivity contribution in [1.29, 1.82) is 0 Å². The summed E-state index contributed by atoms with van der Waals surface area (Å²) in [6.07, 6.45) is 2.61. The summed E-state index contributed by atoms with van der Waals surface area (Å²) < 4.78 is 6.49. The van der Waals surface area contributed by atoms with Crippen molar-refractivity contribution >= 4 is 15.9 Å². The topological polar surface area (TPSA) is 15.7 Å². The van der Waals surface area contributed by atoms with Gasteiger partial charge in [-0.25, -0.2) is 0 Å². The number of nitrogens with zero attached hydrogens (tertiary/aromatic N) is 2. The first kappa shape index (κ1) is 15.8. The van der Waals surface area contributed by atoms with Gasteiger partial charge in [0.15, 0.2) is 0 Å². The first-order chi connectivity index (χ1) is 9.58. The largest absolute Gasteiger partial charge is 0.497 e. The van der Waals surface area contributed by atoms with Gasteiger partial charge in [-0.05, 0) is 69.7 Å². The highest BCUT2D eigenvalue weighted by molar-refractivity contribution is 9.10. The van der Waals surface area contributed by atoms with Crippen LogP contribution in [0.5, 0.6) is 5.75 Å². The fourth-order valence-corrected chi connectivity index (χ4v) is 3.26. The Morgan fingerprint density at radius 1 is 1.30 bits per heavy atom. The summed E-state index contributed by atoms with van der Waals surface area (Å²) in [6, 6.07) is 6.21. The van der Waals surface area contributed by atoms with Gasteiger partial charge in [-0.15, -0.1) is 0 Å². The molecule has 0 aliphatic carbocycles. The molecule has 1 fully saturated rings. The molecule has 0 saturated carbocycles. The van der Waals surface area contributed by atoms with Crippen LogP contribution >= 0.6 is 15.9 Å². The second-order valence-electron chi connectivity index (χ2n) is 5.94. The molecule has 112 valence electrons. The van der Waals surface area contributed by atoms with E-state index in [1.54, 1.807) is 7.11 Å². The predicted octanol–water partition coefficient (Wildman–Crippen LogP) is 3.23. The number of benzene rings is 1. The van der Waals surface area contributed by atoms with Gasteiger partial charge in [0.25, 0.3) is 0 Å². The monoisotopic (exact) mass is 340 g/mol. The summed E-state index contributed by atoms with van der Waals surface area (Å²) in [5.41, 5.74) is 1.32. The molecule has 1 heterocycles. The Bertz CT molecular complexity index is 428. The Kier molecular flexibility index (Phi) is 5.87. The highest BCUT2D eigenvalue weighted by atomic mass is 79.9. The Balaban J connectivity index is 1.89. The van der Waals surface area contributed by atoms with Crippen molar-refractivity contribution in [1.82, 2.24) is 9.80 Å². The van der Waals surface area contributed by atoms with Gasteiger partial charge >= 0.3 is 0 Å². The van der Waals surface area contributed by atoms with Crippen LogP contribution in [-0.2, 0) is 6.54 Å². The zero-order valence-corrected chi connectivity index (χ0v) is 14.3. The van der Waals surface area contributed by atoms with Gasteiger partial charge in [0.05, 0.1) is 7.11 Å². The molecule has 0 unspecified atom stereocenters. The summed E-state index contributed by atoms with van der Waals surface area (Å²) in [5.74, 6) is 1.79. The zero-order valence-electron chi connectivity index (χ0n) is 12.7. The average Bonchev–Trinajstić information content (AvgIpc) is 2.43.